The van der Waals surface area contributed by atoms with E-state index in [4.69, 9.17) is 14.4 Å². The van der Waals surface area contributed by atoms with Crippen molar-refractivity contribution in [3.05, 3.63) is 90.0 Å². The second kappa shape index (κ2) is 11.5. The van der Waals surface area contributed by atoms with E-state index in [1.165, 1.54) is 38.5 Å². The topological polar surface area (TPSA) is 126 Å². The number of carbonyl (C=O) groups excluding carboxylic acids is 1. The van der Waals surface area contributed by atoms with Gasteiger partial charge in [-0.3, -0.25) is 18.4 Å². The van der Waals surface area contributed by atoms with E-state index in [0.717, 1.165) is 16.6 Å². The molecule has 15 heteroatoms. The second-order valence-corrected chi connectivity index (χ2v) is 14.3. The van der Waals surface area contributed by atoms with Crippen molar-refractivity contribution in [2.24, 2.45) is 0 Å². The first-order valence-corrected chi connectivity index (χ1v) is 17.4. The fourth-order valence-electron chi connectivity index (χ4n) is 6.50. The highest BCUT2D eigenvalue weighted by atomic mass is 32.2. The summed E-state index contributed by atoms with van der Waals surface area (Å²) < 4.78 is 77.4. The molecule has 1 saturated heterocycles. The molecule has 50 heavy (non-hydrogen) atoms. The van der Waals surface area contributed by atoms with Gasteiger partial charge in [-0.05, 0) is 48.5 Å². The molecule has 2 aromatic carbocycles. The van der Waals surface area contributed by atoms with Crippen LogP contribution in [-0.2, 0) is 16.6 Å². The number of nitrogens with one attached hydrogen (secondary N) is 1. The number of benzene rings is 2. The fourth-order valence-corrected chi connectivity index (χ4v) is 7.01. The van der Waals surface area contributed by atoms with E-state index in [0.29, 0.717) is 62.0 Å². The van der Waals surface area contributed by atoms with Gasteiger partial charge in [0, 0.05) is 61.3 Å². The summed E-state index contributed by atoms with van der Waals surface area (Å²) in [7, 11) is -0.962. The molecule has 0 bridgehead atoms. The molecule has 1 aliphatic rings. The number of sulfonamides is 1. The number of nitrogens with zero attached hydrogens (tertiary/aromatic N) is 6. The van der Waals surface area contributed by atoms with E-state index in [1.807, 2.05) is 9.30 Å². The molecule has 0 radical (unpaired) electrons. The van der Waals surface area contributed by atoms with Crippen LogP contribution in [0.15, 0.2) is 71.3 Å². The van der Waals surface area contributed by atoms with Gasteiger partial charge in [0.25, 0.3) is 5.91 Å². The van der Waals surface area contributed by atoms with E-state index in [1.54, 1.807) is 36.4 Å². The Morgan fingerprint density at radius 2 is 1.84 bits per heavy atom. The van der Waals surface area contributed by atoms with Crippen molar-refractivity contribution in [3.63, 3.8) is 0 Å². The van der Waals surface area contributed by atoms with Crippen LogP contribution in [0.2, 0.25) is 0 Å². The normalized spacial score (nSPS) is 14.2. The number of carbonyl (C=O) groups is 1. The lowest BCUT2D eigenvalue weighted by molar-refractivity contribution is 0.0567. The minimum absolute atomic E-state index is 0.116. The lowest BCUT2D eigenvalue weighted by atomic mass is 10.0. The van der Waals surface area contributed by atoms with Gasteiger partial charge in [-0.15, -0.1) is 0 Å². The molecule has 6 heterocycles. The number of hydrogen-bond donors (Lipinski definition) is 1. The molecule has 1 amide bonds. The Morgan fingerprint density at radius 3 is 2.54 bits per heavy atom. The Bertz CT molecular complexity index is 2640. The van der Waals surface area contributed by atoms with Crippen molar-refractivity contribution >= 4 is 60.0 Å². The first kappa shape index (κ1) is 31.7. The van der Waals surface area contributed by atoms with Crippen LogP contribution in [0, 0.1) is 11.8 Å². The van der Waals surface area contributed by atoms with Crippen LogP contribution in [0.3, 0.4) is 0 Å². The van der Waals surface area contributed by atoms with Gasteiger partial charge >= 0.3 is 0 Å². The van der Waals surface area contributed by atoms with Crippen molar-refractivity contribution in [1.82, 2.24) is 29.6 Å². The summed E-state index contributed by atoms with van der Waals surface area (Å²) >= 11 is 0. The van der Waals surface area contributed by atoms with Gasteiger partial charge in [0.15, 0.2) is 0 Å². The summed E-state index contributed by atoms with van der Waals surface area (Å²) in [5, 5.41) is 3.32. The molecule has 8 rings (SSSR count). The number of aromatic nitrogens is 4. The van der Waals surface area contributed by atoms with Crippen LogP contribution in [0.25, 0.3) is 61.0 Å². The van der Waals surface area contributed by atoms with Crippen molar-refractivity contribution in [3.8, 4) is 22.6 Å². The number of alkyl halides is 1. The standard InChI is InChI=1S/C35H28F3N7O4S/c1-39-35(46)32-22-11-21(27(43(2)50(3,47)48)13-29(22)49-34(32)18-7-10-30(38)40-14-18)24-8-9-25-33(42-24)28-12-20-23(37)5-4-6-26(20)45(28)31(41-25)17-44-15-19(36)16-44/h4-14,19H,15-17H2,1-3H3,(H,39,46). The number of hydrogen-bond acceptors (Lipinski definition) is 8. The van der Waals surface area contributed by atoms with Gasteiger partial charge in [0.1, 0.15) is 34.7 Å². The lowest BCUT2D eigenvalue weighted by Gasteiger charge is -2.34. The molecule has 7 aromatic rings. The molecule has 1 aliphatic heterocycles. The SMILES string of the molecule is CNC(=O)c1c(-c2ccc(F)nc2)oc2cc(N(C)S(C)(=O)=O)c(-c3ccc4nc(CN5CC(F)C5)n5c6cccc(F)c6cc5c4n3)cc12. The van der Waals surface area contributed by atoms with Crippen LogP contribution in [0.5, 0.6) is 0 Å². The molecular formula is C35H28F3N7O4S. The zero-order valence-electron chi connectivity index (χ0n) is 26.9. The summed E-state index contributed by atoms with van der Waals surface area (Å²) in [5.74, 6) is -0.928. The molecular weight excluding hydrogens is 671 g/mol. The maximum Gasteiger partial charge on any atom is 0.255 e. The van der Waals surface area contributed by atoms with Crippen molar-refractivity contribution in [2.75, 3.05) is 37.7 Å². The quantitative estimate of drug-likeness (QED) is 0.210. The van der Waals surface area contributed by atoms with Crippen molar-refractivity contribution < 1.29 is 30.8 Å². The maximum atomic E-state index is 15.1. The van der Waals surface area contributed by atoms with E-state index in [-0.39, 0.29) is 35.7 Å². The van der Waals surface area contributed by atoms with Crippen molar-refractivity contribution in [2.45, 2.75) is 12.7 Å². The summed E-state index contributed by atoms with van der Waals surface area (Å²) in [6.07, 6.45) is 1.39. The monoisotopic (exact) mass is 699 g/mol. The first-order chi connectivity index (χ1) is 23.9. The summed E-state index contributed by atoms with van der Waals surface area (Å²) in [6, 6.07) is 15.6. The molecule has 254 valence electrons. The zero-order valence-corrected chi connectivity index (χ0v) is 27.7. The third-order valence-corrected chi connectivity index (χ3v) is 10.2. The average Bonchev–Trinajstić information content (AvgIpc) is 3.66. The first-order valence-electron chi connectivity index (χ1n) is 15.6. The largest absolute Gasteiger partial charge is 0.455 e. The Hall–Kier alpha value is -5.54. The molecule has 1 fully saturated rings. The Balaban J connectivity index is 1.40. The molecule has 1 N–H and O–H groups in total. The molecule has 0 saturated carbocycles. The molecule has 0 aliphatic carbocycles. The van der Waals surface area contributed by atoms with E-state index < -0.39 is 33.9 Å². The second-order valence-electron chi connectivity index (χ2n) is 12.3. The zero-order chi connectivity index (χ0) is 35.1. The molecule has 11 nitrogen and oxygen atoms in total. The van der Waals surface area contributed by atoms with Crippen LogP contribution in [0.4, 0.5) is 18.9 Å². The summed E-state index contributed by atoms with van der Waals surface area (Å²) in [6.45, 7) is 0.885. The average molecular weight is 700 g/mol. The maximum absolute atomic E-state index is 15.1. The number of halogens is 3. The molecule has 0 unspecified atom stereocenters. The predicted octanol–water partition coefficient (Wildman–Crippen LogP) is 5.70. The number of pyridine rings is 2. The lowest BCUT2D eigenvalue weighted by Crippen LogP contribution is -2.47. The highest BCUT2D eigenvalue weighted by Crippen LogP contribution is 2.41. The minimum atomic E-state index is -3.81. The fraction of sp³-hybridized carbons (Fsp3) is 0.200. The summed E-state index contributed by atoms with van der Waals surface area (Å²) in [5.41, 5.74) is 3.60. The Labute approximate surface area is 283 Å². The number of rotatable bonds is 7. The smallest absolute Gasteiger partial charge is 0.255 e. The van der Waals surface area contributed by atoms with Gasteiger partial charge in [-0.1, -0.05) is 6.07 Å². The van der Waals surface area contributed by atoms with E-state index in [2.05, 4.69) is 10.3 Å². The molecule has 0 spiro atoms. The number of anilines is 1. The van der Waals surface area contributed by atoms with Gasteiger partial charge < -0.3 is 9.73 Å². The van der Waals surface area contributed by atoms with Gasteiger partial charge in [0.05, 0.1) is 46.3 Å². The van der Waals surface area contributed by atoms with Crippen LogP contribution < -0.4 is 9.62 Å². The highest BCUT2D eigenvalue weighted by molar-refractivity contribution is 7.92. The van der Waals surface area contributed by atoms with Crippen LogP contribution in [0.1, 0.15) is 16.2 Å². The van der Waals surface area contributed by atoms with Gasteiger partial charge in [0.2, 0.25) is 16.0 Å². The number of amides is 1. The molecule has 0 atom stereocenters. The van der Waals surface area contributed by atoms with E-state index in [9.17, 15) is 22.0 Å². The third kappa shape index (κ3) is 5.11. The van der Waals surface area contributed by atoms with Crippen LogP contribution in [-0.4, -0.2) is 78.2 Å². The van der Waals surface area contributed by atoms with Crippen molar-refractivity contribution in [1.29, 1.82) is 0 Å². The highest BCUT2D eigenvalue weighted by Gasteiger charge is 2.29. The number of fused-ring (bicyclic) bond motifs is 6. The number of likely N-dealkylation sites (tertiary alicyclic amines) is 1. The number of furan rings is 1. The minimum Gasteiger partial charge on any atom is -0.455 e. The Morgan fingerprint density at radius 1 is 1.04 bits per heavy atom. The van der Waals surface area contributed by atoms with Crippen LogP contribution >= 0.6 is 0 Å². The Kier molecular flexibility index (Phi) is 7.31. The van der Waals surface area contributed by atoms with Gasteiger partial charge in [-0.25, -0.2) is 32.2 Å². The van der Waals surface area contributed by atoms with E-state index >= 15 is 4.39 Å². The predicted molar refractivity (Wildman–Crippen MR) is 183 cm³/mol. The molecule has 5 aromatic heterocycles. The summed E-state index contributed by atoms with van der Waals surface area (Å²) in [4.78, 5) is 28.8. The van der Waals surface area contributed by atoms with Gasteiger partial charge in [-0.2, -0.15) is 4.39 Å². The third-order valence-electron chi connectivity index (χ3n) is 9.06.